The molecule has 2 atom stereocenters. The van der Waals surface area contributed by atoms with E-state index in [1.54, 1.807) is 0 Å². The molecule has 1 aliphatic rings. The van der Waals surface area contributed by atoms with E-state index in [1.165, 1.54) is 0 Å². The quantitative estimate of drug-likeness (QED) is 0.585. The van der Waals surface area contributed by atoms with Gasteiger partial charge in [0.25, 0.3) is 0 Å². The molecule has 1 amide bonds. The van der Waals surface area contributed by atoms with Crippen molar-refractivity contribution in [1.82, 2.24) is 5.32 Å². The molecule has 0 saturated carbocycles. The van der Waals surface area contributed by atoms with Crippen molar-refractivity contribution in [3.63, 3.8) is 0 Å². The maximum absolute atomic E-state index is 11.5. The minimum Gasteiger partial charge on any atom is -0.449 e. The minimum atomic E-state index is -0.494. The number of aldehydes is 1. The first-order valence-electron chi connectivity index (χ1n) is 6.67. The molecule has 0 aromatic rings. The Morgan fingerprint density at radius 2 is 2.33 bits per heavy atom. The second kappa shape index (κ2) is 7.90. The fourth-order valence-electron chi connectivity index (χ4n) is 2.05. The second-order valence-electron chi connectivity index (χ2n) is 5.23. The third kappa shape index (κ3) is 5.84. The van der Waals surface area contributed by atoms with E-state index in [4.69, 9.17) is 4.74 Å². The molecule has 0 fully saturated rings. The van der Waals surface area contributed by atoms with Gasteiger partial charge in [-0.15, -0.1) is 0 Å². The van der Waals surface area contributed by atoms with Crippen LogP contribution in [0.25, 0.3) is 0 Å². The van der Waals surface area contributed by atoms with Gasteiger partial charge in [0, 0.05) is 5.92 Å². The van der Waals surface area contributed by atoms with E-state index in [0.29, 0.717) is 24.9 Å². The first-order valence-corrected chi connectivity index (χ1v) is 6.67. The normalized spacial score (nSPS) is 20.5. The van der Waals surface area contributed by atoms with Gasteiger partial charge in [0.05, 0.1) is 12.6 Å². The number of hydrogen-bond acceptors (Lipinski definition) is 3. The van der Waals surface area contributed by atoms with Gasteiger partial charge in [-0.05, 0) is 31.6 Å². The molecule has 0 saturated heterocycles. The smallest absolute Gasteiger partial charge is 0.407 e. The van der Waals surface area contributed by atoms with Gasteiger partial charge in [0.2, 0.25) is 0 Å². The molecule has 1 rings (SSSR count). The van der Waals surface area contributed by atoms with Crippen LogP contribution in [-0.4, -0.2) is 25.0 Å². The van der Waals surface area contributed by atoms with Gasteiger partial charge >= 0.3 is 6.09 Å². The summed E-state index contributed by atoms with van der Waals surface area (Å²) in [4.78, 5) is 22.3. The van der Waals surface area contributed by atoms with Gasteiger partial charge in [0.1, 0.15) is 6.29 Å². The Hall–Kier alpha value is -1.32. The lowest BCUT2D eigenvalue weighted by molar-refractivity contribution is -0.109. The van der Waals surface area contributed by atoms with Crippen LogP contribution in [0.2, 0.25) is 0 Å². The van der Waals surface area contributed by atoms with Crippen LogP contribution in [0.15, 0.2) is 12.2 Å². The minimum absolute atomic E-state index is 0.323. The fourth-order valence-corrected chi connectivity index (χ4v) is 2.05. The van der Waals surface area contributed by atoms with Gasteiger partial charge in [-0.3, -0.25) is 0 Å². The standard InChI is InChI=1S/C14H23NO3/c1-11(2)8-13(9-16)15-14(17)18-10-12-6-4-3-5-7-12/h4,6,9,11-13H,3,5,7-8,10H2,1-2H3,(H,15,17)/t12-,13?/m1/s1. The lowest BCUT2D eigenvalue weighted by atomic mass is 9.97. The number of carbonyl (C=O) groups is 2. The molecule has 4 nitrogen and oxygen atoms in total. The van der Waals surface area contributed by atoms with E-state index < -0.39 is 12.1 Å². The Morgan fingerprint density at radius 1 is 1.56 bits per heavy atom. The molecule has 0 spiro atoms. The van der Waals surface area contributed by atoms with Crippen molar-refractivity contribution in [2.45, 2.75) is 45.6 Å². The molecular weight excluding hydrogens is 230 g/mol. The van der Waals surface area contributed by atoms with E-state index in [1.807, 2.05) is 13.8 Å². The largest absolute Gasteiger partial charge is 0.449 e. The number of carbonyl (C=O) groups excluding carboxylic acids is 2. The number of amides is 1. The number of allylic oxidation sites excluding steroid dienone is 1. The molecule has 0 radical (unpaired) electrons. The summed E-state index contributed by atoms with van der Waals surface area (Å²) in [5.41, 5.74) is 0. The molecular formula is C14H23NO3. The number of hydrogen-bond donors (Lipinski definition) is 1. The average molecular weight is 253 g/mol. The molecule has 0 aliphatic heterocycles. The van der Waals surface area contributed by atoms with Crippen molar-refractivity contribution < 1.29 is 14.3 Å². The summed E-state index contributed by atoms with van der Waals surface area (Å²) >= 11 is 0. The summed E-state index contributed by atoms with van der Waals surface area (Å²) in [5.74, 6) is 0.686. The SMILES string of the molecule is CC(C)CC(C=O)NC(=O)OC[C@@H]1C=CCCC1. The Morgan fingerprint density at radius 3 is 2.89 bits per heavy atom. The van der Waals surface area contributed by atoms with Crippen molar-refractivity contribution in [2.24, 2.45) is 11.8 Å². The average Bonchev–Trinajstić information content (AvgIpc) is 2.36. The lowest BCUT2D eigenvalue weighted by Crippen LogP contribution is -2.38. The van der Waals surface area contributed by atoms with E-state index in [0.717, 1.165) is 25.5 Å². The third-order valence-corrected chi connectivity index (χ3v) is 2.98. The summed E-state index contributed by atoms with van der Waals surface area (Å²) in [5, 5.41) is 2.58. The molecule has 1 aliphatic carbocycles. The van der Waals surface area contributed by atoms with Crippen LogP contribution in [0.3, 0.4) is 0 Å². The monoisotopic (exact) mass is 253 g/mol. The lowest BCUT2D eigenvalue weighted by Gasteiger charge is -2.18. The zero-order valence-electron chi connectivity index (χ0n) is 11.2. The number of ether oxygens (including phenoxy) is 1. The van der Waals surface area contributed by atoms with E-state index in [-0.39, 0.29) is 0 Å². The molecule has 18 heavy (non-hydrogen) atoms. The molecule has 0 aromatic heterocycles. The molecule has 1 N–H and O–H groups in total. The summed E-state index contributed by atoms with van der Waals surface area (Å²) in [6, 6.07) is -0.445. The Kier molecular flexibility index (Phi) is 6.47. The Balaban J connectivity index is 2.25. The van der Waals surface area contributed by atoms with Crippen LogP contribution < -0.4 is 5.32 Å². The van der Waals surface area contributed by atoms with E-state index in [9.17, 15) is 9.59 Å². The summed E-state index contributed by atoms with van der Waals surface area (Å²) in [6.45, 7) is 4.42. The second-order valence-corrected chi connectivity index (χ2v) is 5.23. The molecule has 0 bridgehead atoms. The van der Waals surface area contributed by atoms with Crippen molar-refractivity contribution >= 4 is 12.4 Å². The fraction of sp³-hybridized carbons (Fsp3) is 0.714. The van der Waals surface area contributed by atoms with Crippen molar-refractivity contribution in [3.05, 3.63) is 12.2 Å². The maximum Gasteiger partial charge on any atom is 0.407 e. The molecule has 4 heteroatoms. The van der Waals surface area contributed by atoms with Crippen LogP contribution in [-0.2, 0) is 9.53 Å². The predicted molar refractivity (Wildman–Crippen MR) is 70.3 cm³/mol. The van der Waals surface area contributed by atoms with Crippen LogP contribution in [0.4, 0.5) is 4.79 Å². The Labute approximate surface area is 109 Å². The highest BCUT2D eigenvalue weighted by Gasteiger charge is 2.15. The van der Waals surface area contributed by atoms with Crippen molar-refractivity contribution in [3.8, 4) is 0 Å². The van der Waals surface area contributed by atoms with E-state index >= 15 is 0 Å². The van der Waals surface area contributed by atoms with Gasteiger partial charge in [-0.1, -0.05) is 26.0 Å². The van der Waals surface area contributed by atoms with Gasteiger partial charge in [-0.2, -0.15) is 0 Å². The van der Waals surface area contributed by atoms with Gasteiger partial charge in [0.15, 0.2) is 0 Å². The predicted octanol–water partition coefficient (Wildman–Crippen LogP) is 2.68. The highest BCUT2D eigenvalue weighted by atomic mass is 16.5. The van der Waals surface area contributed by atoms with E-state index in [2.05, 4.69) is 17.5 Å². The molecule has 0 aromatic carbocycles. The topological polar surface area (TPSA) is 55.4 Å². The molecule has 1 unspecified atom stereocenters. The number of rotatable bonds is 6. The summed E-state index contributed by atoms with van der Waals surface area (Å²) in [7, 11) is 0. The van der Waals surface area contributed by atoms with Gasteiger partial charge < -0.3 is 14.8 Å². The van der Waals surface area contributed by atoms with Crippen LogP contribution >= 0.6 is 0 Å². The van der Waals surface area contributed by atoms with Gasteiger partial charge in [-0.25, -0.2) is 4.79 Å². The summed E-state index contributed by atoms with van der Waals surface area (Å²) in [6.07, 6.45) is 8.47. The summed E-state index contributed by atoms with van der Waals surface area (Å²) < 4.78 is 5.14. The third-order valence-electron chi connectivity index (χ3n) is 2.98. The van der Waals surface area contributed by atoms with Crippen molar-refractivity contribution in [1.29, 1.82) is 0 Å². The zero-order valence-corrected chi connectivity index (χ0v) is 11.2. The number of nitrogens with one attached hydrogen (secondary N) is 1. The maximum atomic E-state index is 11.5. The Bertz CT molecular complexity index is 299. The van der Waals surface area contributed by atoms with Crippen LogP contribution in [0, 0.1) is 11.8 Å². The van der Waals surface area contributed by atoms with Crippen LogP contribution in [0.1, 0.15) is 39.5 Å². The highest BCUT2D eigenvalue weighted by molar-refractivity contribution is 5.73. The molecule has 0 heterocycles. The van der Waals surface area contributed by atoms with Crippen LogP contribution in [0.5, 0.6) is 0 Å². The zero-order chi connectivity index (χ0) is 13.4. The highest BCUT2D eigenvalue weighted by Crippen LogP contribution is 2.17. The molecule has 102 valence electrons. The number of alkyl carbamates (subject to hydrolysis) is 1. The first-order chi connectivity index (χ1) is 8.61. The van der Waals surface area contributed by atoms with Crippen molar-refractivity contribution in [2.75, 3.05) is 6.61 Å². The first kappa shape index (κ1) is 14.7.